The Morgan fingerprint density at radius 1 is 1.05 bits per heavy atom. The molecule has 1 aromatic heterocycles. The number of carboxylic acid groups (broad SMARTS) is 1. The number of phenolic OH excluding ortho intramolecular Hbond substituents is 1. The van der Waals surface area contributed by atoms with Gasteiger partial charge < -0.3 is 10.2 Å². The molecule has 0 unspecified atom stereocenters. The molecule has 2 N–H and O–H groups in total. The first kappa shape index (κ1) is 13.1. The van der Waals surface area contributed by atoms with Gasteiger partial charge in [0.2, 0.25) is 0 Å². The fourth-order valence-electron chi connectivity index (χ4n) is 2.16. The van der Waals surface area contributed by atoms with Crippen LogP contribution in [0.1, 0.15) is 10.4 Å². The Kier molecular flexibility index (Phi) is 3.02. The number of phenols is 1. The van der Waals surface area contributed by atoms with E-state index in [0.717, 1.165) is 0 Å². The van der Waals surface area contributed by atoms with Gasteiger partial charge in [-0.2, -0.15) is 0 Å². The summed E-state index contributed by atoms with van der Waals surface area (Å²) in [5, 5.41) is 19.0. The van der Waals surface area contributed by atoms with E-state index in [1.807, 2.05) is 0 Å². The first-order chi connectivity index (χ1) is 10.0. The van der Waals surface area contributed by atoms with Crippen molar-refractivity contribution < 1.29 is 19.4 Å². The van der Waals surface area contributed by atoms with E-state index in [-0.39, 0.29) is 16.8 Å². The Morgan fingerprint density at radius 2 is 1.76 bits per heavy atom. The monoisotopic (exact) mass is 283 g/mol. The second-order valence-electron chi connectivity index (χ2n) is 4.57. The van der Waals surface area contributed by atoms with Crippen LogP contribution >= 0.6 is 0 Å². The molecule has 0 aliphatic heterocycles. The van der Waals surface area contributed by atoms with Crippen LogP contribution in [-0.4, -0.2) is 21.2 Å². The van der Waals surface area contributed by atoms with Gasteiger partial charge in [0.15, 0.2) is 0 Å². The smallest absolute Gasteiger partial charge is 0.336 e. The van der Waals surface area contributed by atoms with E-state index in [1.54, 1.807) is 12.1 Å². The number of rotatable bonds is 2. The van der Waals surface area contributed by atoms with Gasteiger partial charge in [0, 0.05) is 17.0 Å². The first-order valence-corrected chi connectivity index (χ1v) is 6.17. The highest BCUT2D eigenvalue weighted by atomic mass is 19.1. The van der Waals surface area contributed by atoms with Gasteiger partial charge in [-0.25, -0.2) is 14.2 Å². The van der Waals surface area contributed by atoms with Crippen molar-refractivity contribution in [2.24, 2.45) is 0 Å². The first-order valence-electron chi connectivity index (χ1n) is 6.17. The van der Waals surface area contributed by atoms with E-state index in [9.17, 15) is 19.4 Å². The van der Waals surface area contributed by atoms with E-state index in [4.69, 9.17) is 0 Å². The summed E-state index contributed by atoms with van der Waals surface area (Å²) in [7, 11) is 0. The minimum Gasteiger partial charge on any atom is -0.508 e. The molecule has 0 aliphatic carbocycles. The summed E-state index contributed by atoms with van der Waals surface area (Å²) in [4.78, 5) is 15.7. The topological polar surface area (TPSA) is 70.4 Å². The van der Waals surface area contributed by atoms with Crippen LogP contribution in [0.2, 0.25) is 0 Å². The Morgan fingerprint density at radius 3 is 2.43 bits per heavy atom. The summed E-state index contributed by atoms with van der Waals surface area (Å²) in [5.74, 6) is -1.48. The largest absolute Gasteiger partial charge is 0.508 e. The quantitative estimate of drug-likeness (QED) is 0.755. The highest BCUT2D eigenvalue weighted by molar-refractivity contribution is 6.03. The van der Waals surface area contributed by atoms with Crippen LogP contribution in [0.5, 0.6) is 5.75 Å². The molecule has 0 atom stereocenters. The highest BCUT2D eigenvalue weighted by Crippen LogP contribution is 2.26. The van der Waals surface area contributed by atoms with Gasteiger partial charge in [-0.05, 0) is 42.5 Å². The Labute approximate surface area is 119 Å². The van der Waals surface area contributed by atoms with Crippen LogP contribution in [0.25, 0.3) is 22.2 Å². The van der Waals surface area contributed by atoms with Crippen LogP contribution < -0.4 is 0 Å². The molecule has 0 saturated heterocycles. The number of halogens is 1. The second kappa shape index (κ2) is 4.86. The van der Waals surface area contributed by atoms with Gasteiger partial charge in [0.25, 0.3) is 0 Å². The molecule has 3 rings (SSSR count). The lowest BCUT2D eigenvalue weighted by Crippen LogP contribution is -2.00. The molecule has 5 heteroatoms. The number of nitrogens with zero attached hydrogens (tertiary/aromatic N) is 1. The predicted molar refractivity (Wildman–Crippen MR) is 75.8 cm³/mol. The van der Waals surface area contributed by atoms with Gasteiger partial charge in [-0.3, -0.25) is 0 Å². The molecular weight excluding hydrogens is 273 g/mol. The lowest BCUT2D eigenvalue weighted by molar-refractivity contribution is 0.0699. The lowest BCUT2D eigenvalue weighted by Gasteiger charge is -2.07. The molecule has 3 aromatic rings. The second-order valence-corrected chi connectivity index (χ2v) is 4.57. The zero-order valence-electron chi connectivity index (χ0n) is 10.7. The number of aromatic carboxylic acids is 1. The maximum absolute atomic E-state index is 13.3. The Bertz CT molecular complexity index is 844. The van der Waals surface area contributed by atoms with Gasteiger partial charge in [0.05, 0.1) is 16.8 Å². The van der Waals surface area contributed by atoms with Crippen LogP contribution in [-0.2, 0) is 0 Å². The van der Waals surface area contributed by atoms with E-state index in [1.165, 1.54) is 36.4 Å². The fourth-order valence-corrected chi connectivity index (χ4v) is 2.16. The average molecular weight is 283 g/mol. The van der Waals surface area contributed by atoms with Crippen molar-refractivity contribution in [2.45, 2.75) is 0 Å². The molecule has 0 fully saturated rings. The van der Waals surface area contributed by atoms with Crippen molar-refractivity contribution in [3.05, 3.63) is 59.9 Å². The van der Waals surface area contributed by atoms with Gasteiger partial charge in [-0.15, -0.1) is 0 Å². The molecule has 0 aliphatic rings. The number of hydrogen-bond acceptors (Lipinski definition) is 3. The molecule has 1 heterocycles. The molecular formula is C16H10FNO3. The number of aromatic nitrogens is 1. The lowest BCUT2D eigenvalue weighted by atomic mass is 10.0. The number of fused-ring (bicyclic) bond motifs is 1. The van der Waals surface area contributed by atoms with Crippen molar-refractivity contribution in [3.8, 4) is 17.0 Å². The van der Waals surface area contributed by atoms with Crippen molar-refractivity contribution >= 4 is 16.9 Å². The number of carbonyl (C=O) groups is 1. The number of pyridine rings is 1. The minimum absolute atomic E-state index is 0.0584. The molecule has 4 nitrogen and oxygen atoms in total. The summed E-state index contributed by atoms with van der Waals surface area (Å²) in [6.45, 7) is 0. The van der Waals surface area contributed by atoms with Crippen LogP contribution in [0, 0.1) is 5.82 Å². The number of benzene rings is 2. The summed E-state index contributed by atoms with van der Waals surface area (Å²) in [5.41, 5.74) is 1.38. The van der Waals surface area contributed by atoms with E-state index in [0.29, 0.717) is 16.6 Å². The summed E-state index contributed by atoms with van der Waals surface area (Å²) >= 11 is 0. The third-order valence-electron chi connectivity index (χ3n) is 3.17. The summed E-state index contributed by atoms with van der Waals surface area (Å²) < 4.78 is 13.3. The summed E-state index contributed by atoms with van der Waals surface area (Å²) in [6, 6.07) is 11.4. The van der Waals surface area contributed by atoms with Gasteiger partial charge in [0.1, 0.15) is 11.6 Å². The number of carboxylic acids is 1. The zero-order valence-corrected chi connectivity index (χ0v) is 10.7. The molecule has 0 amide bonds. The molecule has 21 heavy (non-hydrogen) atoms. The van der Waals surface area contributed by atoms with Gasteiger partial charge >= 0.3 is 5.97 Å². The van der Waals surface area contributed by atoms with Crippen LogP contribution in [0.15, 0.2) is 48.5 Å². The average Bonchev–Trinajstić information content (AvgIpc) is 2.46. The fraction of sp³-hybridized carbons (Fsp3) is 0. The van der Waals surface area contributed by atoms with Crippen molar-refractivity contribution in [1.82, 2.24) is 4.98 Å². The SMILES string of the molecule is O=C(O)c1cc(-c2ccc(O)cc2)nc2cc(F)ccc12. The third kappa shape index (κ3) is 2.41. The zero-order chi connectivity index (χ0) is 15.0. The molecule has 0 saturated carbocycles. The maximum atomic E-state index is 13.3. The normalized spacial score (nSPS) is 10.7. The predicted octanol–water partition coefficient (Wildman–Crippen LogP) is 3.44. The van der Waals surface area contributed by atoms with Crippen LogP contribution in [0.3, 0.4) is 0 Å². The summed E-state index contributed by atoms with van der Waals surface area (Å²) in [6.07, 6.45) is 0. The van der Waals surface area contributed by atoms with Crippen molar-refractivity contribution in [1.29, 1.82) is 0 Å². The Hall–Kier alpha value is -2.95. The third-order valence-corrected chi connectivity index (χ3v) is 3.17. The molecule has 0 bridgehead atoms. The highest BCUT2D eigenvalue weighted by Gasteiger charge is 2.13. The van der Waals surface area contributed by atoms with E-state index < -0.39 is 11.8 Å². The van der Waals surface area contributed by atoms with Crippen molar-refractivity contribution in [2.75, 3.05) is 0 Å². The number of aromatic hydroxyl groups is 1. The molecule has 2 aromatic carbocycles. The van der Waals surface area contributed by atoms with Crippen molar-refractivity contribution in [3.63, 3.8) is 0 Å². The standard InChI is InChI=1S/C16H10FNO3/c17-10-3-6-12-13(16(20)21)8-14(18-15(12)7-10)9-1-4-11(19)5-2-9/h1-8,19H,(H,20,21). The number of hydrogen-bond donors (Lipinski definition) is 2. The molecule has 0 spiro atoms. The van der Waals surface area contributed by atoms with Gasteiger partial charge in [-0.1, -0.05) is 0 Å². The Balaban J connectivity index is 2.29. The molecule has 104 valence electrons. The minimum atomic E-state index is -1.10. The van der Waals surface area contributed by atoms with E-state index >= 15 is 0 Å². The van der Waals surface area contributed by atoms with E-state index in [2.05, 4.69) is 4.98 Å². The molecule has 0 radical (unpaired) electrons. The maximum Gasteiger partial charge on any atom is 0.336 e. The van der Waals surface area contributed by atoms with Crippen LogP contribution in [0.4, 0.5) is 4.39 Å².